The number of thiophene rings is 1. The van der Waals surface area contributed by atoms with E-state index in [0.717, 1.165) is 15.2 Å². The predicted octanol–water partition coefficient (Wildman–Crippen LogP) is 2.90. The summed E-state index contributed by atoms with van der Waals surface area (Å²) in [7, 11) is 0. The number of rotatable bonds is 7. The maximum absolute atomic E-state index is 12.1. The van der Waals surface area contributed by atoms with E-state index in [-0.39, 0.29) is 11.7 Å². The van der Waals surface area contributed by atoms with Gasteiger partial charge in [-0.2, -0.15) is 5.26 Å². The van der Waals surface area contributed by atoms with Gasteiger partial charge in [0.25, 0.3) is 0 Å². The second-order valence-corrected chi connectivity index (χ2v) is 7.89. The first kappa shape index (κ1) is 19.1. The average molecular weight is 399 g/mol. The van der Waals surface area contributed by atoms with Gasteiger partial charge in [0.15, 0.2) is 0 Å². The highest BCUT2D eigenvalue weighted by Gasteiger charge is 2.13. The van der Waals surface area contributed by atoms with Crippen molar-refractivity contribution < 1.29 is 4.79 Å². The monoisotopic (exact) mass is 398 g/mol. The molecule has 0 bridgehead atoms. The Balaban J connectivity index is 1.49. The van der Waals surface area contributed by atoms with Gasteiger partial charge >= 0.3 is 0 Å². The lowest BCUT2D eigenvalue weighted by Crippen LogP contribution is -2.30. The molecule has 3 aromatic heterocycles. The van der Waals surface area contributed by atoms with Gasteiger partial charge in [0, 0.05) is 29.5 Å². The molecule has 0 fully saturated rings. The van der Waals surface area contributed by atoms with Gasteiger partial charge < -0.3 is 10.6 Å². The lowest BCUT2D eigenvalue weighted by atomic mass is 10.2. The summed E-state index contributed by atoms with van der Waals surface area (Å²) in [5.41, 5.74) is 1.65. The van der Waals surface area contributed by atoms with Crippen molar-refractivity contribution in [3.05, 3.63) is 40.7 Å². The molecule has 9 heteroatoms. The lowest BCUT2D eigenvalue weighted by molar-refractivity contribution is -0.118. The van der Waals surface area contributed by atoms with E-state index in [1.807, 2.05) is 0 Å². The molecule has 0 saturated heterocycles. The number of aromatic nitrogens is 3. The van der Waals surface area contributed by atoms with E-state index in [2.05, 4.69) is 45.5 Å². The van der Waals surface area contributed by atoms with Gasteiger partial charge in [-0.1, -0.05) is 11.8 Å². The van der Waals surface area contributed by atoms with Crippen LogP contribution in [0.25, 0.3) is 10.2 Å². The minimum Gasteiger partial charge on any atom is -0.367 e. The molecule has 0 atom stereocenters. The zero-order valence-corrected chi connectivity index (χ0v) is 16.6. The van der Waals surface area contributed by atoms with Crippen LogP contribution in [0.4, 0.5) is 5.82 Å². The molecule has 27 heavy (non-hydrogen) atoms. The number of carbonyl (C=O) groups is 1. The molecule has 0 radical (unpaired) electrons. The molecule has 0 aliphatic heterocycles. The Morgan fingerprint density at radius 2 is 2.15 bits per heavy atom. The highest BCUT2D eigenvalue weighted by molar-refractivity contribution is 8.00. The summed E-state index contributed by atoms with van der Waals surface area (Å²) in [4.78, 5) is 27.0. The summed E-state index contributed by atoms with van der Waals surface area (Å²) in [6, 6.07) is 5.49. The summed E-state index contributed by atoms with van der Waals surface area (Å²) in [6.45, 7) is 5.05. The standard InChI is InChI=1S/C18H18N6OS2/c1-11-12(2)27-18-15(11)17(23-10-24-18)26-9-14(25)20-6-7-22-16-13(8-19)4-3-5-21-16/h3-5,10H,6-7,9H2,1-2H3,(H,20,25)(H,21,22). The van der Waals surface area contributed by atoms with E-state index in [1.54, 1.807) is 36.0 Å². The summed E-state index contributed by atoms with van der Waals surface area (Å²) >= 11 is 3.06. The molecule has 0 saturated carbocycles. The number of anilines is 1. The van der Waals surface area contributed by atoms with E-state index in [0.29, 0.717) is 24.5 Å². The lowest BCUT2D eigenvalue weighted by Gasteiger charge is -2.08. The average Bonchev–Trinajstić information content (AvgIpc) is 2.98. The van der Waals surface area contributed by atoms with Gasteiger partial charge in [-0.3, -0.25) is 4.79 Å². The van der Waals surface area contributed by atoms with Crippen molar-refractivity contribution in [1.82, 2.24) is 20.3 Å². The highest BCUT2D eigenvalue weighted by atomic mass is 32.2. The fourth-order valence-corrected chi connectivity index (χ4v) is 4.41. The van der Waals surface area contributed by atoms with Gasteiger partial charge in [-0.05, 0) is 31.5 Å². The van der Waals surface area contributed by atoms with Crippen LogP contribution in [-0.2, 0) is 4.79 Å². The second-order valence-electron chi connectivity index (χ2n) is 5.72. The molecular formula is C18H18N6OS2. The van der Waals surface area contributed by atoms with Crippen molar-refractivity contribution in [3.63, 3.8) is 0 Å². The molecule has 1 amide bonds. The summed E-state index contributed by atoms with van der Waals surface area (Å²) in [5, 5.41) is 16.8. The normalized spacial score (nSPS) is 10.6. The highest BCUT2D eigenvalue weighted by Crippen LogP contribution is 2.34. The molecule has 0 aliphatic rings. The van der Waals surface area contributed by atoms with Crippen LogP contribution >= 0.6 is 23.1 Å². The number of hydrogen-bond acceptors (Lipinski definition) is 8. The summed E-state index contributed by atoms with van der Waals surface area (Å²) in [6.07, 6.45) is 3.16. The topological polar surface area (TPSA) is 104 Å². The van der Waals surface area contributed by atoms with E-state index < -0.39 is 0 Å². The Labute approximate surface area is 165 Å². The molecule has 138 valence electrons. The Morgan fingerprint density at radius 1 is 1.30 bits per heavy atom. The van der Waals surface area contributed by atoms with Crippen molar-refractivity contribution in [2.75, 3.05) is 24.2 Å². The van der Waals surface area contributed by atoms with Crippen LogP contribution in [0.15, 0.2) is 29.7 Å². The first-order chi connectivity index (χ1) is 13.1. The Hall–Kier alpha value is -2.70. The number of hydrogen-bond donors (Lipinski definition) is 2. The van der Waals surface area contributed by atoms with Gasteiger partial charge in [0.2, 0.25) is 5.91 Å². The van der Waals surface area contributed by atoms with Crippen LogP contribution in [0.1, 0.15) is 16.0 Å². The SMILES string of the molecule is Cc1sc2ncnc(SCC(=O)NCCNc3ncccc3C#N)c2c1C. The number of fused-ring (bicyclic) bond motifs is 1. The molecule has 0 aliphatic carbocycles. The second kappa shape index (κ2) is 8.79. The zero-order chi connectivity index (χ0) is 19.2. The molecule has 0 aromatic carbocycles. The Bertz CT molecular complexity index is 1010. The zero-order valence-electron chi connectivity index (χ0n) is 14.9. The molecule has 3 aromatic rings. The van der Waals surface area contributed by atoms with Gasteiger partial charge in [0.1, 0.15) is 28.1 Å². The first-order valence-electron chi connectivity index (χ1n) is 8.29. The largest absolute Gasteiger partial charge is 0.367 e. The van der Waals surface area contributed by atoms with Crippen LogP contribution in [0.3, 0.4) is 0 Å². The third kappa shape index (κ3) is 4.53. The third-order valence-electron chi connectivity index (χ3n) is 3.94. The van der Waals surface area contributed by atoms with Crippen LogP contribution in [-0.4, -0.2) is 39.7 Å². The van der Waals surface area contributed by atoms with Crippen LogP contribution in [0.2, 0.25) is 0 Å². The van der Waals surface area contributed by atoms with Crippen molar-refractivity contribution in [3.8, 4) is 6.07 Å². The number of nitrogens with zero attached hydrogens (tertiary/aromatic N) is 4. The number of carbonyl (C=O) groups excluding carboxylic acids is 1. The number of amides is 1. The Morgan fingerprint density at radius 3 is 2.96 bits per heavy atom. The number of nitrogens with one attached hydrogen (secondary N) is 2. The quantitative estimate of drug-likeness (QED) is 0.358. The fourth-order valence-electron chi connectivity index (χ4n) is 2.46. The van der Waals surface area contributed by atoms with Crippen molar-refractivity contribution in [1.29, 1.82) is 5.26 Å². The number of pyridine rings is 1. The van der Waals surface area contributed by atoms with E-state index in [1.165, 1.54) is 22.2 Å². The molecule has 3 heterocycles. The molecule has 0 unspecified atom stereocenters. The summed E-state index contributed by atoms with van der Waals surface area (Å²) in [5.74, 6) is 0.739. The fraction of sp³-hybridized carbons (Fsp3) is 0.278. The molecule has 2 N–H and O–H groups in total. The third-order valence-corrected chi connectivity index (χ3v) is 6.04. The minimum atomic E-state index is -0.0697. The smallest absolute Gasteiger partial charge is 0.230 e. The maximum atomic E-state index is 12.1. The molecule has 0 spiro atoms. The van der Waals surface area contributed by atoms with E-state index in [9.17, 15) is 4.79 Å². The van der Waals surface area contributed by atoms with Crippen molar-refractivity contribution in [2.24, 2.45) is 0 Å². The minimum absolute atomic E-state index is 0.0697. The van der Waals surface area contributed by atoms with E-state index in [4.69, 9.17) is 5.26 Å². The maximum Gasteiger partial charge on any atom is 0.230 e. The van der Waals surface area contributed by atoms with Crippen molar-refractivity contribution >= 4 is 45.0 Å². The Kier molecular flexibility index (Phi) is 6.21. The van der Waals surface area contributed by atoms with Crippen LogP contribution in [0.5, 0.6) is 0 Å². The van der Waals surface area contributed by atoms with Crippen molar-refractivity contribution in [2.45, 2.75) is 18.9 Å². The molecule has 7 nitrogen and oxygen atoms in total. The van der Waals surface area contributed by atoms with E-state index >= 15 is 0 Å². The van der Waals surface area contributed by atoms with Gasteiger partial charge in [0.05, 0.1) is 11.3 Å². The number of nitriles is 1. The van der Waals surface area contributed by atoms with Gasteiger partial charge in [-0.25, -0.2) is 15.0 Å². The summed E-state index contributed by atoms with van der Waals surface area (Å²) < 4.78 is 0. The van der Waals surface area contributed by atoms with Crippen LogP contribution < -0.4 is 10.6 Å². The number of aryl methyl sites for hydroxylation is 2. The number of thioether (sulfide) groups is 1. The molecular weight excluding hydrogens is 380 g/mol. The van der Waals surface area contributed by atoms with Crippen LogP contribution in [0, 0.1) is 25.2 Å². The first-order valence-corrected chi connectivity index (χ1v) is 10.1. The van der Waals surface area contributed by atoms with Gasteiger partial charge in [-0.15, -0.1) is 11.3 Å². The predicted molar refractivity (Wildman–Crippen MR) is 108 cm³/mol. The molecule has 3 rings (SSSR count).